The molecule has 0 bridgehead atoms. The molecule has 0 saturated heterocycles. The molecule has 2 saturated carbocycles. The van der Waals surface area contributed by atoms with Crippen LogP contribution in [0, 0.1) is 5.92 Å². The summed E-state index contributed by atoms with van der Waals surface area (Å²) in [5.74, 6) is 0.784. The van der Waals surface area contributed by atoms with Crippen LogP contribution in [0.15, 0.2) is 24.3 Å². The summed E-state index contributed by atoms with van der Waals surface area (Å²) in [4.78, 5) is 12.6. The zero-order valence-corrected chi connectivity index (χ0v) is 17.6. The number of benzene rings is 1. The molecular formula is C21H32N2O4S. The van der Waals surface area contributed by atoms with Gasteiger partial charge in [-0.3, -0.25) is 4.79 Å². The number of sulfonamides is 1. The average molecular weight is 409 g/mol. The number of carbonyl (C=O) groups is 1. The molecular weight excluding hydrogens is 376 g/mol. The van der Waals surface area contributed by atoms with Crippen LogP contribution < -0.4 is 14.8 Å². The summed E-state index contributed by atoms with van der Waals surface area (Å²) in [6.07, 6.45) is 7.81. The van der Waals surface area contributed by atoms with Crippen LogP contribution in [0.1, 0.15) is 65.2 Å². The van der Waals surface area contributed by atoms with Gasteiger partial charge in [0, 0.05) is 17.6 Å². The van der Waals surface area contributed by atoms with E-state index in [1.54, 1.807) is 13.8 Å². The minimum atomic E-state index is -3.26. The predicted molar refractivity (Wildman–Crippen MR) is 111 cm³/mol. The molecule has 0 aliphatic heterocycles. The van der Waals surface area contributed by atoms with Crippen LogP contribution in [0.2, 0.25) is 0 Å². The highest BCUT2D eigenvalue weighted by Crippen LogP contribution is 2.28. The molecule has 2 N–H and O–H groups in total. The Bertz CT molecular complexity index is 747. The lowest BCUT2D eigenvalue weighted by Gasteiger charge is -2.28. The Kier molecular flexibility index (Phi) is 6.99. The van der Waals surface area contributed by atoms with Crippen molar-refractivity contribution in [3.8, 4) is 5.75 Å². The third kappa shape index (κ3) is 5.70. The Morgan fingerprint density at radius 2 is 1.61 bits per heavy atom. The van der Waals surface area contributed by atoms with Gasteiger partial charge in [0.25, 0.3) is 0 Å². The Morgan fingerprint density at radius 1 is 1.00 bits per heavy atom. The molecule has 2 aliphatic carbocycles. The van der Waals surface area contributed by atoms with E-state index in [1.165, 1.54) is 12.8 Å². The Hall–Kier alpha value is -1.60. The summed E-state index contributed by atoms with van der Waals surface area (Å²) in [5.41, 5.74) is 0.770. The van der Waals surface area contributed by atoms with Gasteiger partial charge < -0.3 is 10.1 Å². The number of hydrogen-bond acceptors (Lipinski definition) is 4. The molecule has 1 aromatic rings. The molecule has 1 amide bonds. The highest BCUT2D eigenvalue weighted by atomic mass is 32.2. The number of anilines is 1. The molecule has 6 nitrogen and oxygen atoms in total. The second kappa shape index (κ2) is 9.27. The first-order chi connectivity index (χ1) is 13.3. The van der Waals surface area contributed by atoms with Crippen LogP contribution in [0.3, 0.4) is 0 Å². The molecule has 2 fully saturated rings. The fourth-order valence-electron chi connectivity index (χ4n) is 3.90. The molecule has 0 unspecified atom stereocenters. The SMILES string of the molecule is CC(C)S(=O)(=O)NC1CCC(C(=O)Nc2ccc(OC3CCCC3)cc2)CC1. The van der Waals surface area contributed by atoms with Gasteiger partial charge in [-0.2, -0.15) is 0 Å². The first kappa shape index (κ1) is 21.1. The second-order valence-corrected chi connectivity index (χ2v) is 10.6. The van der Waals surface area contributed by atoms with Gasteiger partial charge in [-0.15, -0.1) is 0 Å². The minimum absolute atomic E-state index is 0.00891. The molecule has 28 heavy (non-hydrogen) atoms. The predicted octanol–water partition coefficient (Wildman–Crippen LogP) is 3.83. The molecule has 1 aromatic carbocycles. The van der Waals surface area contributed by atoms with E-state index in [0.717, 1.165) is 24.3 Å². The maximum atomic E-state index is 12.6. The molecule has 0 spiro atoms. The fraction of sp³-hybridized carbons (Fsp3) is 0.667. The fourth-order valence-corrected chi connectivity index (χ4v) is 4.87. The van der Waals surface area contributed by atoms with Gasteiger partial charge in [-0.05, 0) is 89.5 Å². The van der Waals surface area contributed by atoms with Crippen molar-refractivity contribution in [1.82, 2.24) is 4.72 Å². The minimum Gasteiger partial charge on any atom is -0.490 e. The van der Waals surface area contributed by atoms with Crippen molar-refractivity contribution in [3.63, 3.8) is 0 Å². The summed E-state index contributed by atoms with van der Waals surface area (Å²) in [5, 5.41) is 2.54. The summed E-state index contributed by atoms with van der Waals surface area (Å²) in [7, 11) is -3.26. The Morgan fingerprint density at radius 3 is 2.18 bits per heavy atom. The number of nitrogens with one attached hydrogen (secondary N) is 2. The van der Waals surface area contributed by atoms with Crippen LogP contribution in [0.4, 0.5) is 5.69 Å². The van der Waals surface area contributed by atoms with Crippen molar-refractivity contribution in [3.05, 3.63) is 24.3 Å². The first-order valence-electron chi connectivity index (χ1n) is 10.4. The molecule has 0 heterocycles. The van der Waals surface area contributed by atoms with Crippen molar-refractivity contribution < 1.29 is 17.9 Å². The molecule has 0 radical (unpaired) electrons. The van der Waals surface area contributed by atoms with E-state index in [9.17, 15) is 13.2 Å². The van der Waals surface area contributed by atoms with Gasteiger partial charge in [0.2, 0.25) is 15.9 Å². The normalized spacial score (nSPS) is 23.7. The molecule has 7 heteroatoms. The smallest absolute Gasteiger partial charge is 0.227 e. The van der Waals surface area contributed by atoms with Crippen LogP contribution in [-0.4, -0.2) is 31.7 Å². The van der Waals surface area contributed by atoms with E-state index in [-0.39, 0.29) is 17.9 Å². The largest absolute Gasteiger partial charge is 0.490 e. The lowest BCUT2D eigenvalue weighted by molar-refractivity contribution is -0.120. The average Bonchev–Trinajstić information content (AvgIpc) is 3.16. The molecule has 0 atom stereocenters. The van der Waals surface area contributed by atoms with Gasteiger partial charge in [0.15, 0.2) is 0 Å². The highest BCUT2D eigenvalue weighted by molar-refractivity contribution is 7.90. The quantitative estimate of drug-likeness (QED) is 0.718. The van der Waals surface area contributed by atoms with Gasteiger partial charge in [0.05, 0.1) is 11.4 Å². The number of hydrogen-bond donors (Lipinski definition) is 2. The zero-order valence-electron chi connectivity index (χ0n) is 16.8. The third-order valence-corrected chi connectivity index (χ3v) is 7.68. The number of amides is 1. The zero-order chi connectivity index (χ0) is 20.1. The van der Waals surface area contributed by atoms with Crippen LogP contribution in [0.25, 0.3) is 0 Å². The molecule has 3 rings (SSSR count). The Labute approximate surface area is 168 Å². The maximum absolute atomic E-state index is 12.6. The second-order valence-electron chi connectivity index (χ2n) is 8.30. The lowest BCUT2D eigenvalue weighted by Crippen LogP contribution is -2.42. The van der Waals surface area contributed by atoms with Crippen molar-refractivity contribution in [1.29, 1.82) is 0 Å². The monoisotopic (exact) mass is 408 g/mol. The maximum Gasteiger partial charge on any atom is 0.227 e. The van der Waals surface area contributed by atoms with Crippen molar-refractivity contribution >= 4 is 21.6 Å². The van der Waals surface area contributed by atoms with Gasteiger partial charge in [-0.1, -0.05) is 0 Å². The molecule has 156 valence electrons. The van der Waals surface area contributed by atoms with Gasteiger partial charge in [-0.25, -0.2) is 13.1 Å². The van der Waals surface area contributed by atoms with E-state index in [0.29, 0.717) is 31.8 Å². The van der Waals surface area contributed by atoms with E-state index in [1.807, 2.05) is 24.3 Å². The van der Waals surface area contributed by atoms with Crippen LogP contribution in [0.5, 0.6) is 5.75 Å². The summed E-state index contributed by atoms with van der Waals surface area (Å²) in [6.45, 7) is 3.34. The van der Waals surface area contributed by atoms with Gasteiger partial charge >= 0.3 is 0 Å². The van der Waals surface area contributed by atoms with E-state index < -0.39 is 15.3 Å². The van der Waals surface area contributed by atoms with E-state index >= 15 is 0 Å². The van der Waals surface area contributed by atoms with E-state index in [4.69, 9.17) is 4.74 Å². The highest BCUT2D eigenvalue weighted by Gasteiger charge is 2.29. The van der Waals surface area contributed by atoms with Gasteiger partial charge in [0.1, 0.15) is 5.75 Å². The number of ether oxygens (including phenoxy) is 1. The lowest BCUT2D eigenvalue weighted by atomic mass is 9.86. The first-order valence-corrected chi connectivity index (χ1v) is 12.0. The number of rotatable bonds is 7. The van der Waals surface area contributed by atoms with Crippen molar-refractivity contribution in [2.45, 2.75) is 82.6 Å². The molecule has 2 aliphatic rings. The van der Waals surface area contributed by atoms with Crippen LogP contribution in [-0.2, 0) is 14.8 Å². The third-order valence-electron chi connectivity index (χ3n) is 5.78. The van der Waals surface area contributed by atoms with Crippen molar-refractivity contribution in [2.75, 3.05) is 5.32 Å². The summed E-state index contributed by atoms with van der Waals surface area (Å²) in [6, 6.07) is 7.51. The molecule has 0 aromatic heterocycles. The van der Waals surface area contributed by atoms with Crippen LogP contribution >= 0.6 is 0 Å². The Balaban J connectivity index is 1.45. The van der Waals surface area contributed by atoms with E-state index in [2.05, 4.69) is 10.0 Å². The van der Waals surface area contributed by atoms with Crippen molar-refractivity contribution in [2.24, 2.45) is 5.92 Å². The summed E-state index contributed by atoms with van der Waals surface area (Å²) < 4.78 is 32.7. The number of carbonyl (C=O) groups excluding carboxylic acids is 1. The standard InChI is InChI=1S/C21H32N2O4S/c1-15(2)28(25,26)23-18-9-7-16(8-10-18)21(24)22-17-11-13-20(14-12-17)27-19-5-3-4-6-19/h11-16,18-19,23H,3-10H2,1-2H3,(H,22,24). The summed E-state index contributed by atoms with van der Waals surface area (Å²) >= 11 is 0. The topological polar surface area (TPSA) is 84.5 Å².